The maximum absolute atomic E-state index is 13.1. The van der Waals surface area contributed by atoms with Crippen molar-refractivity contribution in [3.05, 3.63) is 62.8 Å². The van der Waals surface area contributed by atoms with Crippen molar-refractivity contribution in [3.8, 4) is 0 Å². The van der Waals surface area contributed by atoms with E-state index in [2.05, 4.69) is 5.32 Å². The minimum absolute atomic E-state index is 0.0157. The average Bonchev–Trinajstić information content (AvgIpc) is 2.55. The first-order valence-electron chi connectivity index (χ1n) is 7.31. The van der Waals surface area contributed by atoms with Gasteiger partial charge in [-0.25, -0.2) is 4.39 Å². The molecule has 25 heavy (non-hydrogen) atoms. The highest BCUT2D eigenvalue weighted by Crippen LogP contribution is 2.29. The summed E-state index contributed by atoms with van der Waals surface area (Å²) in [5, 5.41) is 3.15. The van der Waals surface area contributed by atoms with E-state index in [0.717, 1.165) is 12.1 Å². The fourth-order valence-corrected chi connectivity index (χ4v) is 2.87. The molecule has 0 aliphatic carbocycles. The average molecular weight is 404 g/mol. The van der Waals surface area contributed by atoms with E-state index in [0.29, 0.717) is 0 Å². The standard InChI is InChI=1S/C17H14Cl3FN2O2/c1-2-23(17(25)11-7-6-10(21)8-14(11)20)9-15(24)22-16-12(18)4-3-5-13(16)19/h3-8H,2,9H2,1H3,(H,22,24). The molecule has 0 heterocycles. The van der Waals surface area contributed by atoms with Crippen LogP contribution in [0.15, 0.2) is 36.4 Å². The Kier molecular flexibility index (Phi) is 6.64. The zero-order valence-electron chi connectivity index (χ0n) is 13.2. The fourth-order valence-electron chi connectivity index (χ4n) is 2.13. The summed E-state index contributed by atoms with van der Waals surface area (Å²) in [5.74, 6) is -1.49. The maximum atomic E-state index is 13.1. The number of para-hydroxylation sites is 1. The Morgan fingerprint density at radius 3 is 2.28 bits per heavy atom. The highest BCUT2D eigenvalue weighted by atomic mass is 35.5. The highest BCUT2D eigenvalue weighted by molar-refractivity contribution is 6.39. The van der Waals surface area contributed by atoms with Crippen molar-refractivity contribution in [1.29, 1.82) is 0 Å². The molecule has 0 atom stereocenters. The molecule has 0 aromatic heterocycles. The second-order valence-electron chi connectivity index (χ2n) is 5.09. The van der Waals surface area contributed by atoms with Crippen LogP contribution in [0.1, 0.15) is 17.3 Å². The van der Waals surface area contributed by atoms with Crippen molar-refractivity contribution >= 4 is 52.3 Å². The minimum atomic E-state index is -0.546. The first-order valence-corrected chi connectivity index (χ1v) is 8.45. The minimum Gasteiger partial charge on any atom is -0.330 e. The number of halogens is 4. The molecule has 132 valence electrons. The lowest BCUT2D eigenvalue weighted by molar-refractivity contribution is -0.116. The second-order valence-corrected chi connectivity index (χ2v) is 6.31. The van der Waals surface area contributed by atoms with Gasteiger partial charge in [0.25, 0.3) is 5.91 Å². The van der Waals surface area contributed by atoms with E-state index in [4.69, 9.17) is 34.8 Å². The van der Waals surface area contributed by atoms with Crippen molar-refractivity contribution in [2.45, 2.75) is 6.92 Å². The number of anilines is 1. The summed E-state index contributed by atoms with van der Waals surface area (Å²) >= 11 is 17.9. The van der Waals surface area contributed by atoms with Crippen molar-refractivity contribution in [2.75, 3.05) is 18.4 Å². The summed E-state index contributed by atoms with van der Waals surface area (Å²) in [6.07, 6.45) is 0. The lowest BCUT2D eigenvalue weighted by Crippen LogP contribution is -2.38. The predicted molar refractivity (Wildman–Crippen MR) is 98.1 cm³/mol. The molecule has 8 heteroatoms. The predicted octanol–water partition coefficient (Wildman–Crippen LogP) is 4.89. The van der Waals surface area contributed by atoms with Crippen molar-refractivity contribution in [1.82, 2.24) is 4.90 Å². The number of benzene rings is 2. The Balaban J connectivity index is 2.13. The number of likely N-dealkylation sites (N-methyl/N-ethyl adjacent to an activating group) is 1. The number of hydrogen-bond acceptors (Lipinski definition) is 2. The van der Waals surface area contributed by atoms with Crippen LogP contribution in [0.3, 0.4) is 0 Å². The van der Waals surface area contributed by atoms with Gasteiger partial charge in [-0.15, -0.1) is 0 Å². The largest absolute Gasteiger partial charge is 0.330 e. The molecule has 0 unspecified atom stereocenters. The maximum Gasteiger partial charge on any atom is 0.255 e. The van der Waals surface area contributed by atoms with Crippen molar-refractivity contribution in [2.24, 2.45) is 0 Å². The zero-order valence-corrected chi connectivity index (χ0v) is 15.4. The smallest absolute Gasteiger partial charge is 0.255 e. The van der Waals surface area contributed by atoms with Gasteiger partial charge >= 0.3 is 0 Å². The Labute approximate surface area is 159 Å². The van der Waals surface area contributed by atoms with Gasteiger partial charge < -0.3 is 10.2 Å². The summed E-state index contributed by atoms with van der Waals surface area (Å²) < 4.78 is 13.1. The molecule has 0 fully saturated rings. The van der Waals surface area contributed by atoms with Crippen LogP contribution in [0.4, 0.5) is 10.1 Å². The molecule has 2 rings (SSSR count). The third-order valence-corrected chi connectivity index (χ3v) is 4.33. The first-order chi connectivity index (χ1) is 11.8. The number of carbonyl (C=O) groups is 2. The lowest BCUT2D eigenvalue weighted by Gasteiger charge is -2.21. The van der Waals surface area contributed by atoms with Crippen LogP contribution >= 0.6 is 34.8 Å². The molecule has 2 amide bonds. The second kappa shape index (κ2) is 8.52. The van der Waals surface area contributed by atoms with E-state index in [1.807, 2.05) is 0 Å². The van der Waals surface area contributed by atoms with Gasteiger partial charge in [0.1, 0.15) is 12.4 Å². The van der Waals surface area contributed by atoms with Crippen LogP contribution in [-0.4, -0.2) is 29.8 Å². The zero-order chi connectivity index (χ0) is 18.6. The number of hydrogen-bond donors (Lipinski definition) is 1. The third-order valence-electron chi connectivity index (χ3n) is 3.39. The molecule has 2 aromatic carbocycles. The Bertz CT molecular complexity index is 794. The molecule has 1 N–H and O–H groups in total. The van der Waals surface area contributed by atoms with Gasteiger partial charge in [0, 0.05) is 6.54 Å². The third kappa shape index (κ3) is 4.84. The summed E-state index contributed by atoms with van der Waals surface area (Å²) in [6.45, 7) is 1.74. The molecule has 0 aliphatic rings. The van der Waals surface area contributed by atoms with Gasteiger partial charge in [0.05, 0.1) is 26.3 Å². The van der Waals surface area contributed by atoms with Gasteiger partial charge in [-0.3, -0.25) is 9.59 Å². The highest BCUT2D eigenvalue weighted by Gasteiger charge is 2.21. The Morgan fingerprint density at radius 2 is 1.72 bits per heavy atom. The molecule has 0 saturated carbocycles. The van der Waals surface area contributed by atoms with E-state index in [-0.39, 0.29) is 39.4 Å². The van der Waals surface area contributed by atoms with Crippen LogP contribution in [0.2, 0.25) is 15.1 Å². The van der Waals surface area contributed by atoms with Crippen LogP contribution in [0, 0.1) is 5.82 Å². The number of nitrogens with zero attached hydrogens (tertiary/aromatic N) is 1. The molecule has 0 spiro atoms. The molecule has 0 saturated heterocycles. The van der Waals surface area contributed by atoms with Crippen LogP contribution in [0.25, 0.3) is 0 Å². The van der Waals surface area contributed by atoms with Crippen LogP contribution in [-0.2, 0) is 4.79 Å². The summed E-state index contributed by atoms with van der Waals surface area (Å²) in [6, 6.07) is 8.29. The number of rotatable bonds is 5. The molecule has 0 radical (unpaired) electrons. The summed E-state index contributed by atoms with van der Waals surface area (Å²) in [5.41, 5.74) is 0.396. The monoisotopic (exact) mass is 402 g/mol. The van der Waals surface area contributed by atoms with Crippen molar-refractivity contribution in [3.63, 3.8) is 0 Å². The first kappa shape index (κ1) is 19.5. The quantitative estimate of drug-likeness (QED) is 0.773. The van der Waals surface area contributed by atoms with E-state index in [1.54, 1.807) is 25.1 Å². The number of carbonyl (C=O) groups excluding carboxylic acids is 2. The Hall–Kier alpha value is -1.82. The van der Waals surface area contributed by atoms with E-state index < -0.39 is 17.6 Å². The normalized spacial score (nSPS) is 10.4. The van der Waals surface area contributed by atoms with E-state index in [1.165, 1.54) is 11.0 Å². The van der Waals surface area contributed by atoms with Crippen LogP contribution in [0.5, 0.6) is 0 Å². The van der Waals surface area contributed by atoms with Gasteiger partial charge in [0.2, 0.25) is 5.91 Å². The molecule has 2 aromatic rings. The summed E-state index contributed by atoms with van der Waals surface area (Å²) in [7, 11) is 0. The molecule has 0 aliphatic heterocycles. The summed E-state index contributed by atoms with van der Waals surface area (Å²) in [4.78, 5) is 26.0. The fraction of sp³-hybridized carbons (Fsp3) is 0.176. The number of amides is 2. The Morgan fingerprint density at radius 1 is 1.08 bits per heavy atom. The van der Waals surface area contributed by atoms with Crippen LogP contribution < -0.4 is 5.32 Å². The van der Waals surface area contributed by atoms with Gasteiger partial charge in [-0.05, 0) is 37.3 Å². The molecule has 4 nitrogen and oxygen atoms in total. The molecular formula is C17H14Cl3FN2O2. The van der Waals surface area contributed by atoms with E-state index in [9.17, 15) is 14.0 Å². The number of nitrogens with one attached hydrogen (secondary N) is 1. The topological polar surface area (TPSA) is 49.4 Å². The lowest BCUT2D eigenvalue weighted by atomic mass is 10.2. The van der Waals surface area contributed by atoms with E-state index >= 15 is 0 Å². The molecular weight excluding hydrogens is 390 g/mol. The van der Waals surface area contributed by atoms with Crippen molar-refractivity contribution < 1.29 is 14.0 Å². The van der Waals surface area contributed by atoms with Gasteiger partial charge in [-0.2, -0.15) is 0 Å². The van der Waals surface area contributed by atoms with Gasteiger partial charge in [-0.1, -0.05) is 40.9 Å². The SMILES string of the molecule is CCN(CC(=O)Nc1c(Cl)cccc1Cl)C(=O)c1ccc(F)cc1Cl. The van der Waals surface area contributed by atoms with Gasteiger partial charge in [0.15, 0.2) is 0 Å². The molecule has 0 bridgehead atoms.